The molecule has 1 aromatic heterocycles. The van der Waals surface area contributed by atoms with E-state index < -0.39 is 23.9 Å². The van der Waals surface area contributed by atoms with Crippen molar-refractivity contribution in [1.82, 2.24) is 19.6 Å². The maximum Gasteiger partial charge on any atom is 0.416 e. The molecule has 9 nitrogen and oxygen atoms in total. The van der Waals surface area contributed by atoms with Crippen molar-refractivity contribution in [3.63, 3.8) is 0 Å². The van der Waals surface area contributed by atoms with Crippen LogP contribution in [0.2, 0.25) is 0 Å². The topological polar surface area (TPSA) is 85.2 Å². The van der Waals surface area contributed by atoms with E-state index in [1.807, 2.05) is 17.9 Å². The van der Waals surface area contributed by atoms with E-state index in [1.165, 1.54) is 34.1 Å². The zero-order chi connectivity index (χ0) is 31.2. The van der Waals surface area contributed by atoms with Gasteiger partial charge in [-0.25, -0.2) is 14.0 Å². The maximum absolute atomic E-state index is 14.7. The van der Waals surface area contributed by atoms with Crippen LogP contribution in [0.1, 0.15) is 47.9 Å². The van der Waals surface area contributed by atoms with Crippen LogP contribution in [0.4, 0.5) is 38.7 Å². The van der Waals surface area contributed by atoms with Crippen LogP contribution in [0.15, 0.2) is 48.7 Å². The molecule has 3 aliphatic heterocycles. The number of piperidine rings is 1. The lowest BCUT2D eigenvalue weighted by atomic mass is 10.00. The van der Waals surface area contributed by atoms with Gasteiger partial charge in [0, 0.05) is 37.4 Å². The third-order valence-electron chi connectivity index (χ3n) is 8.97. The van der Waals surface area contributed by atoms with Crippen LogP contribution in [0.3, 0.4) is 0 Å². The van der Waals surface area contributed by atoms with E-state index in [9.17, 15) is 32.3 Å². The molecule has 0 bridgehead atoms. The van der Waals surface area contributed by atoms with Gasteiger partial charge in [-0.1, -0.05) is 30.3 Å². The molecule has 44 heavy (non-hydrogen) atoms. The summed E-state index contributed by atoms with van der Waals surface area (Å²) >= 11 is 0. The summed E-state index contributed by atoms with van der Waals surface area (Å²) in [6.07, 6.45) is -1.31. The maximum atomic E-state index is 14.7. The smallest absolute Gasteiger partial charge is 0.416 e. The van der Waals surface area contributed by atoms with Crippen LogP contribution < -0.4 is 9.80 Å². The van der Waals surface area contributed by atoms with Crippen LogP contribution >= 0.6 is 0 Å². The molecule has 0 saturated carbocycles. The summed E-state index contributed by atoms with van der Waals surface area (Å²) < 4.78 is 58.0. The lowest BCUT2D eigenvalue weighted by Crippen LogP contribution is -2.54. The highest BCUT2D eigenvalue weighted by molar-refractivity contribution is 5.94. The molecule has 0 aliphatic carbocycles. The number of carbonyl (C=O) groups is 2. The molecule has 3 aliphatic rings. The molecule has 0 radical (unpaired) electrons. The summed E-state index contributed by atoms with van der Waals surface area (Å²) in [6.45, 7) is 3.50. The Balaban J connectivity index is 1.28. The summed E-state index contributed by atoms with van der Waals surface area (Å²) in [5.41, 5.74) is 1.19. The van der Waals surface area contributed by atoms with Gasteiger partial charge in [-0.2, -0.15) is 18.3 Å². The number of aryl methyl sites for hydroxylation is 1. The second kappa shape index (κ2) is 11.7. The molecule has 0 spiro atoms. The number of likely N-dealkylation sites (tertiary alicyclic amines) is 1. The van der Waals surface area contributed by atoms with E-state index >= 15 is 0 Å². The molecule has 6 rings (SSSR count). The minimum absolute atomic E-state index is 0.0478. The van der Waals surface area contributed by atoms with E-state index in [0.29, 0.717) is 50.1 Å². The summed E-state index contributed by atoms with van der Waals surface area (Å²) in [7, 11) is 0. The normalized spacial score (nSPS) is 19.6. The van der Waals surface area contributed by atoms with Gasteiger partial charge in [0.05, 0.1) is 36.9 Å². The highest BCUT2D eigenvalue weighted by Gasteiger charge is 2.40. The largest absolute Gasteiger partial charge is 0.465 e. The van der Waals surface area contributed by atoms with Crippen molar-refractivity contribution in [3.8, 4) is 0 Å². The van der Waals surface area contributed by atoms with Gasteiger partial charge in [-0.3, -0.25) is 9.58 Å². The minimum Gasteiger partial charge on any atom is -0.465 e. The Bertz CT molecular complexity index is 1530. The van der Waals surface area contributed by atoms with Gasteiger partial charge in [0.15, 0.2) is 5.82 Å². The van der Waals surface area contributed by atoms with E-state index in [4.69, 9.17) is 0 Å². The summed E-state index contributed by atoms with van der Waals surface area (Å²) in [6, 6.07) is 9.22. The number of carboxylic acid groups (broad SMARTS) is 1. The number of urea groups is 1. The number of alkyl halides is 3. The molecular formula is C31H34F4N6O3. The number of anilines is 2. The molecule has 13 heteroatoms. The van der Waals surface area contributed by atoms with Gasteiger partial charge in [0.25, 0.3) is 0 Å². The Morgan fingerprint density at radius 1 is 1.05 bits per heavy atom. The van der Waals surface area contributed by atoms with Crippen molar-refractivity contribution in [3.05, 3.63) is 76.7 Å². The average molecular weight is 615 g/mol. The minimum atomic E-state index is -4.60. The van der Waals surface area contributed by atoms with Gasteiger partial charge in [0.1, 0.15) is 5.82 Å². The molecule has 2 saturated heterocycles. The Labute approximate surface area is 252 Å². The fourth-order valence-electron chi connectivity index (χ4n) is 6.83. The third kappa shape index (κ3) is 5.67. The Morgan fingerprint density at radius 3 is 2.50 bits per heavy atom. The zero-order valence-corrected chi connectivity index (χ0v) is 24.3. The lowest BCUT2D eigenvalue weighted by molar-refractivity contribution is -0.138. The van der Waals surface area contributed by atoms with Gasteiger partial charge < -0.3 is 19.8 Å². The second-order valence-corrected chi connectivity index (χ2v) is 11.7. The van der Waals surface area contributed by atoms with Crippen molar-refractivity contribution in [1.29, 1.82) is 0 Å². The number of rotatable bonds is 6. The van der Waals surface area contributed by atoms with Gasteiger partial charge in [-0.05, 0) is 55.9 Å². The first-order valence-corrected chi connectivity index (χ1v) is 14.8. The number of hydrogen-bond donors (Lipinski definition) is 1. The van der Waals surface area contributed by atoms with Crippen molar-refractivity contribution in [2.24, 2.45) is 0 Å². The predicted octanol–water partition coefficient (Wildman–Crippen LogP) is 6.10. The van der Waals surface area contributed by atoms with Crippen molar-refractivity contribution in [2.75, 3.05) is 29.4 Å². The van der Waals surface area contributed by atoms with Crippen LogP contribution in [-0.2, 0) is 25.8 Å². The Morgan fingerprint density at radius 2 is 1.80 bits per heavy atom. The molecule has 3 aromatic rings. The Kier molecular flexibility index (Phi) is 7.89. The first-order valence-electron chi connectivity index (χ1n) is 14.8. The van der Waals surface area contributed by atoms with Crippen LogP contribution in [0.25, 0.3) is 0 Å². The molecule has 3 amide bonds. The molecule has 1 N–H and O–H groups in total. The van der Waals surface area contributed by atoms with Crippen LogP contribution in [0.5, 0.6) is 0 Å². The van der Waals surface area contributed by atoms with Gasteiger partial charge in [-0.15, -0.1) is 0 Å². The number of fused-ring (bicyclic) bond motifs is 1. The third-order valence-corrected chi connectivity index (χ3v) is 8.97. The molecular weight excluding hydrogens is 580 g/mol. The monoisotopic (exact) mass is 614 g/mol. The van der Waals surface area contributed by atoms with Gasteiger partial charge >= 0.3 is 18.3 Å². The van der Waals surface area contributed by atoms with E-state index in [0.717, 1.165) is 18.1 Å². The number of hydrogen-bond acceptors (Lipinski definition) is 4. The number of nitrogens with zero attached hydrogens (tertiary/aromatic N) is 6. The van der Waals surface area contributed by atoms with Crippen LogP contribution in [0, 0.1) is 12.7 Å². The number of amides is 3. The fraction of sp³-hybridized carbons (Fsp3) is 0.452. The summed E-state index contributed by atoms with van der Waals surface area (Å²) in [5, 5.41) is 14.2. The first-order chi connectivity index (χ1) is 21.0. The molecule has 4 heterocycles. The number of aromatic nitrogens is 2. The quantitative estimate of drug-likeness (QED) is 0.339. The number of carbonyl (C=O) groups excluding carboxylic acids is 1. The SMILES string of the molecule is Cc1cccc(F)c1N1CCC(N2Cc3cn(CC4CCCN4C(=O)O)nc3N(Cc3ccccc3C(F)(F)F)C2=O)CC1. The number of halogens is 4. The highest BCUT2D eigenvalue weighted by Crippen LogP contribution is 2.37. The molecule has 2 fully saturated rings. The Hall–Kier alpha value is -4.29. The zero-order valence-electron chi connectivity index (χ0n) is 24.3. The molecule has 1 atom stereocenters. The summed E-state index contributed by atoms with van der Waals surface area (Å²) in [5.74, 6) is -0.0182. The van der Waals surface area contributed by atoms with Gasteiger partial charge in [0.2, 0.25) is 0 Å². The van der Waals surface area contributed by atoms with Crippen LogP contribution in [-0.4, -0.2) is 68.5 Å². The van der Waals surface area contributed by atoms with E-state index in [1.54, 1.807) is 21.8 Å². The van der Waals surface area contributed by atoms with Crippen molar-refractivity contribution >= 4 is 23.6 Å². The number of benzene rings is 2. The average Bonchev–Trinajstić information content (AvgIpc) is 3.61. The molecule has 1 unspecified atom stereocenters. The van der Waals surface area contributed by atoms with E-state index in [-0.39, 0.29) is 48.9 Å². The first kappa shape index (κ1) is 29.8. The highest BCUT2D eigenvalue weighted by atomic mass is 19.4. The molecule has 2 aromatic carbocycles. The summed E-state index contributed by atoms with van der Waals surface area (Å²) in [4.78, 5) is 32.1. The second-order valence-electron chi connectivity index (χ2n) is 11.7. The standard InChI is InChI=1S/C31H34F4N6O3/c1-20-6-4-10-26(32)27(20)37-14-11-23(12-15-37)40-18-22-16-38(19-24-8-5-13-39(24)30(43)44)36-28(22)41(29(40)42)17-21-7-2-3-9-25(21)31(33,34)35/h2-4,6-7,9-10,16,23-24H,5,8,11-15,17-19H2,1H3,(H,43,44). The van der Waals surface area contributed by atoms with Crippen molar-refractivity contribution < 1.29 is 32.3 Å². The lowest BCUT2D eigenvalue weighted by Gasteiger charge is -2.43. The van der Waals surface area contributed by atoms with E-state index in [2.05, 4.69) is 5.10 Å². The van der Waals surface area contributed by atoms with Crippen molar-refractivity contribution in [2.45, 2.75) is 70.5 Å². The predicted molar refractivity (Wildman–Crippen MR) is 155 cm³/mol. The fourth-order valence-corrected chi connectivity index (χ4v) is 6.83. The number of para-hydroxylation sites is 1. The molecule has 234 valence electrons.